The van der Waals surface area contributed by atoms with Gasteiger partial charge < -0.3 is 14.8 Å². The molecule has 24 heavy (non-hydrogen) atoms. The largest absolute Gasteiger partial charge is 0.465 e. The fourth-order valence-electron chi connectivity index (χ4n) is 3.45. The molecule has 1 aliphatic carbocycles. The molecule has 2 aliphatic rings. The summed E-state index contributed by atoms with van der Waals surface area (Å²) in [5.74, 6) is -0.506. The van der Waals surface area contributed by atoms with Gasteiger partial charge in [-0.25, -0.2) is 4.79 Å². The van der Waals surface area contributed by atoms with E-state index in [1.165, 1.54) is 13.5 Å². The lowest BCUT2D eigenvalue weighted by Crippen LogP contribution is -2.62. The molecule has 1 aliphatic heterocycles. The van der Waals surface area contributed by atoms with Gasteiger partial charge in [0.1, 0.15) is 0 Å². The molecule has 0 aromatic heterocycles. The van der Waals surface area contributed by atoms with Gasteiger partial charge in [-0.1, -0.05) is 0 Å². The number of hydrogen-bond acceptors (Lipinski definition) is 5. The third-order valence-corrected chi connectivity index (χ3v) is 5.11. The van der Waals surface area contributed by atoms with Gasteiger partial charge in [-0.15, -0.1) is 0 Å². The van der Waals surface area contributed by atoms with Crippen molar-refractivity contribution in [3.05, 3.63) is 35.4 Å². The van der Waals surface area contributed by atoms with Crippen LogP contribution < -0.4 is 5.32 Å². The lowest BCUT2D eigenvalue weighted by molar-refractivity contribution is -0.0540. The topological polar surface area (TPSA) is 67.9 Å². The van der Waals surface area contributed by atoms with Crippen LogP contribution in [0.15, 0.2) is 24.3 Å². The zero-order chi connectivity index (χ0) is 17.0. The number of methoxy groups -OCH3 is 1. The molecule has 0 radical (unpaired) electrons. The molecule has 0 atom stereocenters. The van der Waals surface area contributed by atoms with Gasteiger partial charge in [0, 0.05) is 30.7 Å². The second-order valence-corrected chi connectivity index (χ2v) is 6.43. The van der Waals surface area contributed by atoms with E-state index in [2.05, 4.69) is 15.0 Å². The average Bonchev–Trinajstić information content (AvgIpc) is 2.61. The Hall–Kier alpha value is -1.92. The summed E-state index contributed by atoms with van der Waals surface area (Å²) in [7, 11) is 1.34. The van der Waals surface area contributed by atoms with Gasteiger partial charge in [-0.2, -0.15) is 0 Å². The summed E-state index contributed by atoms with van der Waals surface area (Å²) in [5, 5.41) is 3.06. The molecular weight excluding hydrogens is 308 g/mol. The predicted molar refractivity (Wildman–Crippen MR) is 89.1 cm³/mol. The standard InChI is InChI=1S/C18H24N2O4/c1-23-17(22)15-5-3-14(4-6-15)16(21)19-13-18(7-2-8-18)20-9-11-24-12-10-20/h3-6H,2,7-13H2,1H3,(H,19,21). The van der Waals surface area contributed by atoms with E-state index in [1.807, 2.05) is 0 Å². The predicted octanol–water partition coefficient (Wildman–Crippen LogP) is 1.46. The summed E-state index contributed by atoms with van der Waals surface area (Å²) in [6, 6.07) is 6.54. The van der Waals surface area contributed by atoms with Crippen LogP contribution in [-0.4, -0.2) is 62.3 Å². The minimum Gasteiger partial charge on any atom is -0.465 e. The molecule has 1 aromatic rings. The van der Waals surface area contributed by atoms with Crippen molar-refractivity contribution in [2.75, 3.05) is 40.0 Å². The van der Waals surface area contributed by atoms with E-state index in [-0.39, 0.29) is 11.4 Å². The number of nitrogens with one attached hydrogen (secondary N) is 1. The maximum absolute atomic E-state index is 12.4. The third-order valence-electron chi connectivity index (χ3n) is 5.11. The lowest BCUT2D eigenvalue weighted by atomic mass is 9.75. The van der Waals surface area contributed by atoms with Crippen molar-refractivity contribution >= 4 is 11.9 Å². The number of carbonyl (C=O) groups is 2. The number of morpholine rings is 1. The number of hydrogen-bond donors (Lipinski definition) is 1. The van der Waals surface area contributed by atoms with Crippen molar-refractivity contribution < 1.29 is 19.1 Å². The molecule has 1 saturated carbocycles. The van der Waals surface area contributed by atoms with Crippen LogP contribution in [0.2, 0.25) is 0 Å². The Morgan fingerprint density at radius 1 is 1.17 bits per heavy atom. The Bertz CT molecular complexity index is 590. The number of esters is 1. The molecular formula is C18H24N2O4. The normalized spacial score (nSPS) is 20.0. The Morgan fingerprint density at radius 3 is 2.33 bits per heavy atom. The van der Waals surface area contributed by atoms with E-state index >= 15 is 0 Å². The SMILES string of the molecule is COC(=O)c1ccc(C(=O)NCC2(N3CCOCC3)CCC2)cc1. The van der Waals surface area contributed by atoms with E-state index in [0.717, 1.165) is 39.1 Å². The van der Waals surface area contributed by atoms with Gasteiger partial charge in [-0.3, -0.25) is 9.69 Å². The van der Waals surface area contributed by atoms with Crippen molar-refractivity contribution in [2.24, 2.45) is 0 Å². The number of ether oxygens (including phenoxy) is 2. The van der Waals surface area contributed by atoms with E-state index in [4.69, 9.17) is 4.74 Å². The Balaban J connectivity index is 1.59. The zero-order valence-electron chi connectivity index (χ0n) is 14.0. The first-order valence-corrected chi connectivity index (χ1v) is 8.44. The average molecular weight is 332 g/mol. The molecule has 1 amide bonds. The van der Waals surface area contributed by atoms with Crippen molar-refractivity contribution in [1.82, 2.24) is 10.2 Å². The van der Waals surface area contributed by atoms with E-state index in [1.54, 1.807) is 24.3 Å². The number of carbonyl (C=O) groups excluding carboxylic acids is 2. The molecule has 1 heterocycles. The summed E-state index contributed by atoms with van der Waals surface area (Å²) in [6.07, 6.45) is 3.45. The highest BCUT2D eigenvalue weighted by atomic mass is 16.5. The van der Waals surface area contributed by atoms with E-state index < -0.39 is 5.97 Å². The van der Waals surface area contributed by atoms with Crippen LogP contribution in [0.3, 0.4) is 0 Å². The second-order valence-electron chi connectivity index (χ2n) is 6.43. The van der Waals surface area contributed by atoms with Crippen molar-refractivity contribution in [1.29, 1.82) is 0 Å². The molecule has 1 aromatic carbocycles. The van der Waals surface area contributed by atoms with Crippen molar-refractivity contribution in [3.63, 3.8) is 0 Å². The summed E-state index contributed by atoms with van der Waals surface area (Å²) in [4.78, 5) is 26.3. The molecule has 130 valence electrons. The maximum Gasteiger partial charge on any atom is 0.337 e. The molecule has 3 rings (SSSR count). The Kier molecular flexibility index (Phi) is 5.16. The molecule has 1 saturated heterocycles. The zero-order valence-corrected chi connectivity index (χ0v) is 14.0. The van der Waals surface area contributed by atoms with Crippen LogP contribution >= 0.6 is 0 Å². The molecule has 2 fully saturated rings. The number of rotatable bonds is 5. The Morgan fingerprint density at radius 2 is 1.79 bits per heavy atom. The molecule has 0 unspecified atom stereocenters. The highest BCUT2D eigenvalue weighted by Crippen LogP contribution is 2.37. The quantitative estimate of drug-likeness (QED) is 0.827. The number of benzene rings is 1. The third kappa shape index (κ3) is 3.44. The minimum atomic E-state index is -0.400. The number of nitrogens with zero attached hydrogens (tertiary/aromatic N) is 1. The van der Waals surface area contributed by atoms with Crippen molar-refractivity contribution in [2.45, 2.75) is 24.8 Å². The van der Waals surface area contributed by atoms with Crippen LogP contribution in [0.5, 0.6) is 0 Å². The van der Waals surface area contributed by atoms with Crippen LogP contribution in [0.1, 0.15) is 40.0 Å². The first-order chi connectivity index (χ1) is 11.6. The summed E-state index contributed by atoms with van der Waals surface area (Å²) in [6.45, 7) is 4.06. The van der Waals surface area contributed by atoms with Gasteiger partial charge in [-0.05, 0) is 43.5 Å². The molecule has 0 bridgehead atoms. The first kappa shape index (κ1) is 16.9. The highest BCUT2D eigenvalue weighted by Gasteiger charge is 2.42. The molecule has 0 spiro atoms. The van der Waals surface area contributed by atoms with Crippen LogP contribution in [0, 0.1) is 0 Å². The molecule has 1 N–H and O–H groups in total. The second kappa shape index (κ2) is 7.32. The molecule has 6 heteroatoms. The van der Waals surface area contributed by atoms with Gasteiger partial charge >= 0.3 is 5.97 Å². The van der Waals surface area contributed by atoms with Gasteiger partial charge in [0.2, 0.25) is 0 Å². The van der Waals surface area contributed by atoms with Crippen molar-refractivity contribution in [3.8, 4) is 0 Å². The minimum absolute atomic E-state index is 0.0887. The summed E-state index contributed by atoms with van der Waals surface area (Å²) in [5.41, 5.74) is 1.09. The summed E-state index contributed by atoms with van der Waals surface area (Å²) < 4.78 is 10.1. The maximum atomic E-state index is 12.4. The first-order valence-electron chi connectivity index (χ1n) is 8.44. The van der Waals surface area contributed by atoms with Crippen LogP contribution in [0.4, 0.5) is 0 Å². The van der Waals surface area contributed by atoms with E-state index in [0.29, 0.717) is 17.7 Å². The van der Waals surface area contributed by atoms with Crippen LogP contribution in [0.25, 0.3) is 0 Å². The monoisotopic (exact) mass is 332 g/mol. The van der Waals surface area contributed by atoms with Crippen LogP contribution in [-0.2, 0) is 9.47 Å². The lowest BCUT2D eigenvalue weighted by Gasteiger charge is -2.51. The molecule has 6 nitrogen and oxygen atoms in total. The summed E-state index contributed by atoms with van der Waals surface area (Å²) >= 11 is 0. The smallest absolute Gasteiger partial charge is 0.337 e. The van der Waals surface area contributed by atoms with Gasteiger partial charge in [0.15, 0.2) is 0 Å². The fourth-order valence-corrected chi connectivity index (χ4v) is 3.45. The highest BCUT2D eigenvalue weighted by molar-refractivity contribution is 5.96. The number of amides is 1. The van der Waals surface area contributed by atoms with Gasteiger partial charge in [0.25, 0.3) is 5.91 Å². The van der Waals surface area contributed by atoms with E-state index in [9.17, 15) is 9.59 Å². The fraction of sp³-hybridized carbons (Fsp3) is 0.556. The Labute approximate surface area is 142 Å². The van der Waals surface area contributed by atoms with Gasteiger partial charge in [0.05, 0.1) is 25.9 Å².